The molecule has 0 unspecified atom stereocenters. The molecule has 0 bridgehead atoms. The number of anilines is 1. The summed E-state index contributed by atoms with van der Waals surface area (Å²) in [4.78, 5) is 8.69. The molecule has 0 aliphatic rings. The lowest BCUT2D eigenvalue weighted by Crippen LogP contribution is -2.34. The molecule has 0 radical (unpaired) electrons. The van der Waals surface area contributed by atoms with Crippen molar-refractivity contribution in [3.8, 4) is 0 Å². The third-order valence-electron chi connectivity index (χ3n) is 3.07. The van der Waals surface area contributed by atoms with Crippen LogP contribution < -0.4 is 10.2 Å². The Kier molecular flexibility index (Phi) is 6.80. The standard InChI is InChI=1S/C15H29N3S/c1-7-13-14(9-16-8-2)19-15(17-13)18(12(5)6)10-11(3)4/h11-12,16H,7-10H2,1-6H3. The molecular formula is C15H29N3S. The minimum atomic E-state index is 0.505. The van der Waals surface area contributed by atoms with E-state index in [1.54, 1.807) is 0 Å². The second-order valence-electron chi connectivity index (χ2n) is 5.64. The molecule has 0 atom stereocenters. The highest BCUT2D eigenvalue weighted by molar-refractivity contribution is 7.15. The molecule has 1 aromatic heterocycles. The fourth-order valence-corrected chi connectivity index (χ4v) is 3.31. The average Bonchev–Trinajstić information content (AvgIpc) is 2.75. The van der Waals surface area contributed by atoms with Crippen molar-refractivity contribution >= 4 is 16.5 Å². The molecule has 1 rings (SSSR count). The predicted octanol–water partition coefficient (Wildman–Crippen LogP) is 3.69. The van der Waals surface area contributed by atoms with Gasteiger partial charge in [-0.15, -0.1) is 11.3 Å². The molecule has 4 heteroatoms. The molecule has 0 amide bonds. The lowest BCUT2D eigenvalue weighted by molar-refractivity contribution is 0.569. The molecule has 0 aliphatic heterocycles. The van der Waals surface area contributed by atoms with E-state index >= 15 is 0 Å². The smallest absolute Gasteiger partial charge is 0.186 e. The highest BCUT2D eigenvalue weighted by atomic mass is 32.1. The summed E-state index contributed by atoms with van der Waals surface area (Å²) in [7, 11) is 0. The van der Waals surface area contributed by atoms with E-state index in [4.69, 9.17) is 4.98 Å². The van der Waals surface area contributed by atoms with E-state index < -0.39 is 0 Å². The lowest BCUT2D eigenvalue weighted by Gasteiger charge is -2.27. The fourth-order valence-electron chi connectivity index (χ4n) is 2.05. The van der Waals surface area contributed by atoms with Crippen LogP contribution in [0.5, 0.6) is 0 Å². The van der Waals surface area contributed by atoms with Crippen molar-refractivity contribution in [2.45, 2.75) is 60.5 Å². The highest BCUT2D eigenvalue weighted by Gasteiger charge is 2.18. The first-order valence-electron chi connectivity index (χ1n) is 7.45. The molecule has 110 valence electrons. The third kappa shape index (κ3) is 4.77. The van der Waals surface area contributed by atoms with Crippen LogP contribution in [0.1, 0.15) is 52.1 Å². The quantitative estimate of drug-likeness (QED) is 0.789. The maximum absolute atomic E-state index is 4.86. The number of rotatable bonds is 8. The van der Waals surface area contributed by atoms with Gasteiger partial charge in [0.1, 0.15) is 0 Å². The molecule has 0 spiro atoms. The van der Waals surface area contributed by atoms with Gasteiger partial charge in [-0.05, 0) is 32.7 Å². The molecule has 1 N–H and O–H groups in total. The van der Waals surface area contributed by atoms with Crippen LogP contribution in [0.3, 0.4) is 0 Å². The van der Waals surface area contributed by atoms with Crippen molar-refractivity contribution in [1.29, 1.82) is 0 Å². The van der Waals surface area contributed by atoms with Crippen LogP contribution in [0.4, 0.5) is 5.13 Å². The van der Waals surface area contributed by atoms with Crippen molar-refractivity contribution in [3.05, 3.63) is 10.6 Å². The third-order valence-corrected chi connectivity index (χ3v) is 4.20. The molecule has 1 aromatic rings. The van der Waals surface area contributed by atoms with Gasteiger partial charge in [-0.25, -0.2) is 4.98 Å². The SMILES string of the molecule is CCNCc1sc(N(CC(C)C)C(C)C)nc1CC. The topological polar surface area (TPSA) is 28.2 Å². The number of aromatic nitrogens is 1. The van der Waals surface area contributed by atoms with Crippen molar-refractivity contribution in [1.82, 2.24) is 10.3 Å². The fraction of sp³-hybridized carbons (Fsp3) is 0.800. The summed E-state index contributed by atoms with van der Waals surface area (Å²) in [6, 6.07) is 0.505. The average molecular weight is 283 g/mol. The molecule has 0 saturated carbocycles. The summed E-state index contributed by atoms with van der Waals surface area (Å²) in [6.07, 6.45) is 1.02. The Hall–Kier alpha value is -0.610. The van der Waals surface area contributed by atoms with Gasteiger partial charge in [0.25, 0.3) is 0 Å². The monoisotopic (exact) mass is 283 g/mol. The van der Waals surface area contributed by atoms with Crippen molar-refractivity contribution in [3.63, 3.8) is 0 Å². The number of nitrogens with one attached hydrogen (secondary N) is 1. The second kappa shape index (κ2) is 7.85. The Morgan fingerprint density at radius 2 is 1.89 bits per heavy atom. The summed E-state index contributed by atoms with van der Waals surface area (Å²) < 4.78 is 0. The minimum Gasteiger partial charge on any atom is -0.345 e. The van der Waals surface area contributed by atoms with Crippen molar-refractivity contribution < 1.29 is 0 Å². The molecule has 0 fully saturated rings. The zero-order valence-electron chi connectivity index (χ0n) is 13.3. The Labute approximate surface area is 122 Å². The molecule has 0 aliphatic carbocycles. The number of nitrogens with zero attached hydrogens (tertiary/aromatic N) is 2. The zero-order chi connectivity index (χ0) is 14.4. The van der Waals surface area contributed by atoms with Crippen LogP contribution in [0.2, 0.25) is 0 Å². The normalized spacial score (nSPS) is 11.6. The lowest BCUT2D eigenvalue weighted by atomic mass is 10.2. The molecule has 19 heavy (non-hydrogen) atoms. The van der Waals surface area contributed by atoms with Gasteiger partial charge in [0.05, 0.1) is 5.69 Å². The van der Waals surface area contributed by atoms with Gasteiger partial charge >= 0.3 is 0 Å². The van der Waals surface area contributed by atoms with Crippen LogP contribution in [0, 0.1) is 5.92 Å². The first-order chi connectivity index (χ1) is 8.99. The van der Waals surface area contributed by atoms with Crippen molar-refractivity contribution in [2.24, 2.45) is 5.92 Å². The molecule has 3 nitrogen and oxygen atoms in total. The van der Waals surface area contributed by atoms with Gasteiger partial charge in [-0.1, -0.05) is 27.7 Å². The highest BCUT2D eigenvalue weighted by Crippen LogP contribution is 2.28. The van der Waals surface area contributed by atoms with E-state index in [1.165, 1.54) is 15.7 Å². The van der Waals surface area contributed by atoms with Crippen LogP contribution in [0.25, 0.3) is 0 Å². The zero-order valence-corrected chi connectivity index (χ0v) is 14.1. The van der Waals surface area contributed by atoms with E-state index in [9.17, 15) is 0 Å². The second-order valence-corrected chi connectivity index (χ2v) is 6.70. The summed E-state index contributed by atoms with van der Waals surface area (Å²) in [5.41, 5.74) is 1.26. The number of hydrogen-bond acceptors (Lipinski definition) is 4. The van der Waals surface area contributed by atoms with Gasteiger partial charge in [0, 0.05) is 24.0 Å². The summed E-state index contributed by atoms with van der Waals surface area (Å²) >= 11 is 1.85. The Morgan fingerprint density at radius 3 is 2.37 bits per heavy atom. The number of aryl methyl sites for hydroxylation is 1. The molecule has 1 heterocycles. The largest absolute Gasteiger partial charge is 0.345 e. The molecule has 0 saturated heterocycles. The van der Waals surface area contributed by atoms with E-state index in [0.717, 1.165) is 26.1 Å². The Morgan fingerprint density at radius 1 is 1.21 bits per heavy atom. The van der Waals surface area contributed by atoms with Gasteiger partial charge < -0.3 is 10.2 Å². The van der Waals surface area contributed by atoms with Crippen LogP contribution >= 0.6 is 11.3 Å². The summed E-state index contributed by atoms with van der Waals surface area (Å²) in [5.74, 6) is 0.661. The van der Waals surface area contributed by atoms with E-state index in [2.05, 4.69) is 51.8 Å². The Balaban J connectivity index is 2.93. The summed E-state index contributed by atoms with van der Waals surface area (Å²) in [6.45, 7) is 16.4. The minimum absolute atomic E-state index is 0.505. The van der Waals surface area contributed by atoms with Gasteiger partial charge in [-0.3, -0.25) is 0 Å². The maximum atomic E-state index is 4.86. The first-order valence-corrected chi connectivity index (χ1v) is 8.27. The van der Waals surface area contributed by atoms with E-state index in [-0.39, 0.29) is 0 Å². The van der Waals surface area contributed by atoms with E-state index in [0.29, 0.717) is 12.0 Å². The number of thiazole rings is 1. The number of hydrogen-bond donors (Lipinski definition) is 1. The van der Waals surface area contributed by atoms with Crippen molar-refractivity contribution in [2.75, 3.05) is 18.0 Å². The van der Waals surface area contributed by atoms with Gasteiger partial charge in [0.2, 0.25) is 0 Å². The van der Waals surface area contributed by atoms with Crippen LogP contribution in [-0.4, -0.2) is 24.1 Å². The van der Waals surface area contributed by atoms with E-state index in [1.807, 2.05) is 11.3 Å². The predicted molar refractivity (Wildman–Crippen MR) is 86.2 cm³/mol. The molecular weight excluding hydrogens is 254 g/mol. The molecule has 0 aromatic carbocycles. The Bertz CT molecular complexity index is 371. The maximum Gasteiger partial charge on any atom is 0.186 e. The first kappa shape index (κ1) is 16.4. The van der Waals surface area contributed by atoms with Crippen LogP contribution in [-0.2, 0) is 13.0 Å². The van der Waals surface area contributed by atoms with Crippen LogP contribution in [0.15, 0.2) is 0 Å². The van der Waals surface area contributed by atoms with Gasteiger partial charge in [0.15, 0.2) is 5.13 Å². The van der Waals surface area contributed by atoms with Gasteiger partial charge in [-0.2, -0.15) is 0 Å². The summed E-state index contributed by atoms with van der Waals surface area (Å²) in [5, 5.41) is 4.60.